The first-order valence-corrected chi connectivity index (χ1v) is 13.2. The highest BCUT2D eigenvalue weighted by Gasteiger charge is 2.30. The van der Waals surface area contributed by atoms with E-state index in [1.165, 1.54) is 11.4 Å². The van der Waals surface area contributed by atoms with Crippen LogP contribution in [0.1, 0.15) is 17.1 Å². The number of rotatable bonds is 11. The third-order valence-electron chi connectivity index (χ3n) is 5.94. The first kappa shape index (κ1) is 25.6. The van der Waals surface area contributed by atoms with Gasteiger partial charge >= 0.3 is 0 Å². The summed E-state index contributed by atoms with van der Waals surface area (Å²) in [6.07, 6.45) is 0. The molecule has 0 fully saturated rings. The minimum Gasteiger partial charge on any atom is -0.464 e. The number of carbonyl (C=O) groups is 1. The maximum absolute atomic E-state index is 13.8. The fourth-order valence-electron chi connectivity index (χ4n) is 4.08. The first-order chi connectivity index (χ1) is 17.4. The van der Waals surface area contributed by atoms with Crippen LogP contribution in [0.15, 0.2) is 94.2 Å². The highest BCUT2D eigenvalue weighted by atomic mass is 32.2. The number of carbonyl (C=O) groups excluding carboxylic acids is 1. The van der Waals surface area contributed by atoms with Crippen molar-refractivity contribution >= 4 is 26.7 Å². The van der Waals surface area contributed by atoms with E-state index in [-0.39, 0.29) is 37.0 Å². The Morgan fingerprint density at radius 3 is 2.33 bits per heavy atom. The van der Waals surface area contributed by atoms with Gasteiger partial charge in [0, 0.05) is 25.6 Å². The van der Waals surface area contributed by atoms with Crippen LogP contribution >= 0.6 is 0 Å². The van der Waals surface area contributed by atoms with Crippen LogP contribution in [0.5, 0.6) is 0 Å². The van der Waals surface area contributed by atoms with Gasteiger partial charge in [-0.25, -0.2) is 8.42 Å². The van der Waals surface area contributed by atoms with Gasteiger partial charge in [0.1, 0.15) is 11.5 Å². The van der Waals surface area contributed by atoms with Gasteiger partial charge in [-0.2, -0.15) is 4.31 Å². The zero-order chi connectivity index (χ0) is 25.5. The van der Waals surface area contributed by atoms with Crippen LogP contribution in [-0.4, -0.2) is 50.3 Å². The Morgan fingerprint density at radius 1 is 0.889 bits per heavy atom. The van der Waals surface area contributed by atoms with Crippen LogP contribution in [-0.2, 0) is 32.6 Å². The quantitative estimate of drug-likeness (QED) is 0.297. The number of furan rings is 1. The number of fused-ring (bicyclic) bond motifs is 1. The summed E-state index contributed by atoms with van der Waals surface area (Å²) in [5.41, 5.74) is 0.939. The molecule has 0 atom stereocenters. The first-order valence-electron chi connectivity index (χ1n) is 11.7. The second-order valence-corrected chi connectivity index (χ2v) is 10.5. The van der Waals surface area contributed by atoms with Crippen molar-refractivity contribution in [3.8, 4) is 0 Å². The molecule has 8 heteroatoms. The van der Waals surface area contributed by atoms with E-state index >= 15 is 0 Å². The molecule has 0 saturated carbocycles. The van der Waals surface area contributed by atoms with E-state index in [1.54, 1.807) is 29.2 Å². The van der Waals surface area contributed by atoms with Crippen LogP contribution in [0.4, 0.5) is 0 Å². The average molecular weight is 507 g/mol. The summed E-state index contributed by atoms with van der Waals surface area (Å²) < 4.78 is 39.7. The lowest BCUT2D eigenvalue weighted by atomic mass is 10.1. The summed E-state index contributed by atoms with van der Waals surface area (Å²) in [6, 6.07) is 25.7. The van der Waals surface area contributed by atoms with Gasteiger partial charge in [0.25, 0.3) is 0 Å². The van der Waals surface area contributed by atoms with Crippen LogP contribution in [0.25, 0.3) is 10.8 Å². The zero-order valence-electron chi connectivity index (χ0n) is 20.5. The molecule has 0 aliphatic rings. The van der Waals surface area contributed by atoms with Crippen molar-refractivity contribution in [2.75, 3.05) is 26.8 Å². The molecule has 1 aromatic heterocycles. The summed E-state index contributed by atoms with van der Waals surface area (Å²) in [5, 5.41) is 1.43. The number of amides is 1. The summed E-state index contributed by atoms with van der Waals surface area (Å²) in [6.45, 7) is 2.29. The number of aryl methyl sites for hydroxylation is 1. The monoisotopic (exact) mass is 506 g/mol. The van der Waals surface area contributed by atoms with Crippen molar-refractivity contribution in [2.45, 2.75) is 24.9 Å². The van der Waals surface area contributed by atoms with Gasteiger partial charge < -0.3 is 14.1 Å². The largest absolute Gasteiger partial charge is 0.464 e. The van der Waals surface area contributed by atoms with E-state index < -0.39 is 10.0 Å². The minimum absolute atomic E-state index is 0.0484. The second kappa shape index (κ2) is 11.5. The Balaban J connectivity index is 1.64. The highest BCUT2D eigenvalue weighted by Crippen LogP contribution is 2.26. The molecule has 0 saturated heterocycles. The summed E-state index contributed by atoms with van der Waals surface area (Å²) in [7, 11) is -2.48. The Kier molecular flexibility index (Phi) is 8.20. The van der Waals surface area contributed by atoms with Gasteiger partial charge in [0.2, 0.25) is 15.9 Å². The number of methoxy groups -OCH3 is 1. The third-order valence-corrected chi connectivity index (χ3v) is 7.84. The molecule has 1 amide bonds. The Bertz CT molecular complexity index is 1410. The molecule has 3 aromatic carbocycles. The number of hydrogen-bond donors (Lipinski definition) is 0. The van der Waals surface area contributed by atoms with Crippen LogP contribution in [0.3, 0.4) is 0 Å². The van der Waals surface area contributed by atoms with E-state index in [0.717, 1.165) is 16.7 Å². The van der Waals surface area contributed by atoms with Crippen molar-refractivity contribution < 1.29 is 22.4 Å². The van der Waals surface area contributed by atoms with E-state index in [2.05, 4.69) is 0 Å². The molecule has 0 radical (unpaired) electrons. The highest BCUT2D eigenvalue weighted by molar-refractivity contribution is 7.89. The molecule has 0 spiro atoms. The van der Waals surface area contributed by atoms with E-state index in [9.17, 15) is 13.2 Å². The van der Waals surface area contributed by atoms with Gasteiger partial charge in [0.05, 0.1) is 24.6 Å². The average Bonchev–Trinajstić information content (AvgIpc) is 3.30. The summed E-state index contributed by atoms with van der Waals surface area (Å²) >= 11 is 0. The van der Waals surface area contributed by atoms with E-state index in [4.69, 9.17) is 9.15 Å². The summed E-state index contributed by atoms with van der Waals surface area (Å²) in [5.74, 6) is 1.06. The number of ether oxygens (including phenoxy) is 1. The lowest BCUT2D eigenvalue weighted by Crippen LogP contribution is -2.43. The minimum atomic E-state index is -3.99. The Hall–Kier alpha value is -3.46. The van der Waals surface area contributed by atoms with Gasteiger partial charge in [-0.3, -0.25) is 4.79 Å². The molecule has 0 N–H and O–H groups in total. The Morgan fingerprint density at radius 2 is 1.61 bits per heavy atom. The molecule has 0 aliphatic carbocycles. The number of sulfonamides is 1. The Labute approximate surface area is 211 Å². The number of hydrogen-bond acceptors (Lipinski definition) is 5. The lowest BCUT2D eigenvalue weighted by molar-refractivity contribution is -0.133. The molecule has 188 valence electrons. The molecule has 0 unspecified atom stereocenters. The maximum Gasteiger partial charge on any atom is 0.244 e. The van der Waals surface area contributed by atoms with Gasteiger partial charge in [-0.15, -0.1) is 0 Å². The molecule has 0 aliphatic heterocycles. The number of nitrogens with zero attached hydrogens (tertiary/aromatic N) is 2. The van der Waals surface area contributed by atoms with Crippen molar-refractivity contribution in [1.29, 1.82) is 0 Å². The fourth-order valence-corrected chi connectivity index (χ4v) is 5.67. The summed E-state index contributed by atoms with van der Waals surface area (Å²) in [4.78, 5) is 15.4. The molecule has 4 aromatic rings. The molecule has 4 rings (SSSR count). The normalized spacial score (nSPS) is 11.8. The predicted octanol–water partition coefficient (Wildman–Crippen LogP) is 4.61. The molecule has 1 heterocycles. The topological polar surface area (TPSA) is 80.1 Å². The van der Waals surface area contributed by atoms with Crippen LogP contribution < -0.4 is 0 Å². The lowest BCUT2D eigenvalue weighted by Gasteiger charge is -2.27. The van der Waals surface area contributed by atoms with Crippen LogP contribution in [0.2, 0.25) is 0 Å². The molecular weight excluding hydrogens is 476 g/mol. The molecular formula is C28H30N2O5S. The van der Waals surface area contributed by atoms with Gasteiger partial charge in [0.15, 0.2) is 0 Å². The predicted molar refractivity (Wildman–Crippen MR) is 139 cm³/mol. The van der Waals surface area contributed by atoms with Gasteiger partial charge in [-0.05, 0) is 36.1 Å². The maximum atomic E-state index is 13.8. The van der Waals surface area contributed by atoms with E-state index in [1.807, 2.05) is 67.6 Å². The van der Waals surface area contributed by atoms with Crippen molar-refractivity contribution in [3.63, 3.8) is 0 Å². The van der Waals surface area contributed by atoms with Crippen molar-refractivity contribution in [3.05, 3.63) is 102 Å². The van der Waals surface area contributed by atoms with Crippen molar-refractivity contribution in [2.24, 2.45) is 0 Å². The zero-order valence-corrected chi connectivity index (χ0v) is 21.3. The third kappa shape index (κ3) is 6.02. The van der Waals surface area contributed by atoms with E-state index in [0.29, 0.717) is 17.7 Å². The molecule has 0 bridgehead atoms. The van der Waals surface area contributed by atoms with Crippen molar-refractivity contribution in [1.82, 2.24) is 9.21 Å². The fraction of sp³-hybridized carbons (Fsp3) is 0.250. The SMILES string of the molecule is COCCN(CC(=O)N(Cc1ccccc1)Cc1ccc(C)o1)S(=O)(=O)c1cccc2ccccc12. The molecule has 36 heavy (non-hydrogen) atoms. The second-order valence-electron chi connectivity index (χ2n) is 8.56. The number of benzene rings is 3. The van der Waals surface area contributed by atoms with Crippen LogP contribution in [0, 0.1) is 6.92 Å². The standard InChI is InChI=1S/C28H30N2O5S/c1-22-15-16-25(35-22)20-29(19-23-9-4-3-5-10-23)28(31)21-30(17-18-34-2)36(32,33)27-14-8-12-24-11-6-7-13-26(24)27/h3-16H,17-21H2,1-2H3. The smallest absolute Gasteiger partial charge is 0.244 e. The molecule has 7 nitrogen and oxygen atoms in total. The van der Waals surface area contributed by atoms with Gasteiger partial charge in [-0.1, -0.05) is 66.7 Å².